The van der Waals surface area contributed by atoms with Gasteiger partial charge in [-0.25, -0.2) is 0 Å². The molecule has 11 nitrogen and oxygen atoms in total. The van der Waals surface area contributed by atoms with Gasteiger partial charge in [0.1, 0.15) is 42.7 Å². The van der Waals surface area contributed by atoms with Crippen LogP contribution < -0.4 is 0 Å². The lowest BCUT2D eigenvalue weighted by Crippen LogP contribution is -2.60. The molecule has 2 fully saturated rings. The summed E-state index contributed by atoms with van der Waals surface area (Å²) in [6.45, 7) is 6.81. The molecule has 2 saturated heterocycles. The highest BCUT2D eigenvalue weighted by Gasteiger charge is 2.47. The van der Waals surface area contributed by atoms with Crippen LogP contribution in [0.25, 0.3) is 0 Å². The second kappa shape index (κ2) is 11.4. The van der Waals surface area contributed by atoms with Gasteiger partial charge in [-0.05, 0) is 25.3 Å². The van der Waals surface area contributed by atoms with Crippen molar-refractivity contribution in [3.8, 4) is 0 Å². The van der Waals surface area contributed by atoms with Crippen molar-refractivity contribution < 1.29 is 54.4 Å². The van der Waals surface area contributed by atoms with Gasteiger partial charge < -0.3 is 49.6 Å². The van der Waals surface area contributed by atoms with Crippen LogP contribution in [0.2, 0.25) is 0 Å². The first kappa shape index (κ1) is 28.3. The minimum absolute atomic E-state index is 0.0212. The average molecular weight is 503 g/mol. The van der Waals surface area contributed by atoms with Gasteiger partial charge in [-0.15, -0.1) is 0 Å². The number of aliphatic hydroxyl groups excluding tert-OH is 6. The van der Waals surface area contributed by atoms with E-state index < -0.39 is 68.0 Å². The first-order valence-electron chi connectivity index (χ1n) is 11.8. The molecule has 200 valence electrons. The number of carbonyl (C=O) groups is 1. The third-order valence-corrected chi connectivity index (χ3v) is 6.87. The predicted octanol–water partition coefficient (Wildman–Crippen LogP) is -1.23. The van der Waals surface area contributed by atoms with Crippen molar-refractivity contribution in [3.05, 3.63) is 23.8 Å². The molecule has 0 aromatic heterocycles. The fourth-order valence-corrected chi connectivity index (χ4v) is 4.87. The molecule has 0 amide bonds. The SMILES string of the molecule is CC1=CC(=O)CC(C)(C)C1C=CC(C)OC1OC(COC2OC(CO)C(O)C2O)C(O)C(O)C1O. The van der Waals surface area contributed by atoms with E-state index in [-0.39, 0.29) is 23.7 Å². The number of rotatable bonds is 8. The number of hydrogen-bond acceptors (Lipinski definition) is 11. The predicted molar refractivity (Wildman–Crippen MR) is 121 cm³/mol. The van der Waals surface area contributed by atoms with Crippen molar-refractivity contribution in [2.75, 3.05) is 13.2 Å². The van der Waals surface area contributed by atoms with E-state index >= 15 is 0 Å². The van der Waals surface area contributed by atoms with Crippen LogP contribution in [0, 0.1) is 11.3 Å². The van der Waals surface area contributed by atoms with Gasteiger partial charge in [0.2, 0.25) is 0 Å². The fraction of sp³-hybridized carbons (Fsp3) is 0.792. The molecule has 3 rings (SSSR count). The number of carbonyl (C=O) groups excluding carboxylic acids is 1. The Balaban J connectivity index is 1.60. The quantitative estimate of drug-likeness (QED) is 0.219. The van der Waals surface area contributed by atoms with E-state index in [2.05, 4.69) is 0 Å². The molecule has 0 radical (unpaired) electrons. The molecule has 35 heavy (non-hydrogen) atoms. The summed E-state index contributed by atoms with van der Waals surface area (Å²) in [5.74, 6) is 0.117. The molecule has 0 bridgehead atoms. The molecule has 0 aromatic carbocycles. The molecule has 2 heterocycles. The van der Waals surface area contributed by atoms with Crippen LogP contribution in [0.15, 0.2) is 23.8 Å². The van der Waals surface area contributed by atoms with Crippen molar-refractivity contribution in [1.82, 2.24) is 0 Å². The van der Waals surface area contributed by atoms with E-state index in [1.807, 2.05) is 26.8 Å². The molecule has 0 spiro atoms. The van der Waals surface area contributed by atoms with Gasteiger partial charge in [-0.3, -0.25) is 4.79 Å². The van der Waals surface area contributed by atoms with E-state index in [1.54, 1.807) is 19.1 Å². The largest absolute Gasteiger partial charge is 0.394 e. The molecule has 11 unspecified atom stereocenters. The zero-order valence-corrected chi connectivity index (χ0v) is 20.4. The Morgan fingerprint density at radius 1 is 1.03 bits per heavy atom. The fourth-order valence-electron chi connectivity index (χ4n) is 4.87. The lowest BCUT2D eigenvalue weighted by molar-refractivity contribution is -0.314. The Labute approximate surface area is 204 Å². The Hall–Kier alpha value is -1.25. The van der Waals surface area contributed by atoms with Crippen molar-refractivity contribution >= 4 is 5.78 Å². The van der Waals surface area contributed by atoms with Crippen molar-refractivity contribution in [2.24, 2.45) is 11.3 Å². The Bertz CT molecular complexity index is 796. The molecule has 11 heteroatoms. The zero-order chi connectivity index (χ0) is 26.1. The van der Waals surface area contributed by atoms with Crippen LogP contribution in [0.5, 0.6) is 0 Å². The minimum atomic E-state index is -1.59. The van der Waals surface area contributed by atoms with Crippen molar-refractivity contribution in [2.45, 2.75) is 95.5 Å². The summed E-state index contributed by atoms with van der Waals surface area (Å²) in [5, 5.41) is 60.0. The Morgan fingerprint density at radius 3 is 2.23 bits per heavy atom. The second-order valence-corrected chi connectivity index (χ2v) is 10.3. The topological polar surface area (TPSA) is 175 Å². The summed E-state index contributed by atoms with van der Waals surface area (Å²) in [6.07, 6.45) is -6.83. The van der Waals surface area contributed by atoms with Gasteiger partial charge >= 0.3 is 0 Å². The van der Waals surface area contributed by atoms with Crippen LogP contribution >= 0.6 is 0 Å². The van der Waals surface area contributed by atoms with E-state index in [4.69, 9.17) is 18.9 Å². The molecule has 6 N–H and O–H groups in total. The summed E-state index contributed by atoms with van der Waals surface area (Å²) in [4.78, 5) is 11.9. The highest BCUT2D eigenvalue weighted by atomic mass is 16.7. The van der Waals surface area contributed by atoms with Gasteiger partial charge in [-0.2, -0.15) is 0 Å². The third-order valence-electron chi connectivity index (χ3n) is 6.87. The Morgan fingerprint density at radius 2 is 1.63 bits per heavy atom. The maximum atomic E-state index is 11.9. The molecule has 1 aliphatic carbocycles. The van der Waals surface area contributed by atoms with Crippen LogP contribution in [-0.4, -0.2) is 111 Å². The standard InChI is InChI=1S/C24H38O11/c1-11-7-13(26)8-24(3,4)14(11)6-5-12(2)33-23-21(31)19(29)18(28)16(35-23)10-32-22-20(30)17(27)15(9-25)34-22/h5-7,12,14-23,25,27-31H,8-10H2,1-4H3. The molecular weight excluding hydrogens is 464 g/mol. The normalized spacial score (nSPS) is 42.9. The number of ketones is 1. The van der Waals surface area contributed by atoms with Crippen LogP contribution in [-0.2, 0) is 23.7 Å². The molecule has 11 atom stereocenters. The number of allylic oxidation sites excluding steroid dienone is 3. The molecule has 3 aliphatic rings. The molecule has 0 aromatic rings. The molecule has 2 aliphatic heterocycles. The van der Waals surface area contributed by atoms with Gasteiger partial charge in [-0.1, -0.05) is 31.6 Å². The van der Waals surface area contributed by atoms with Crippen LogP contribution in [0.3, 0.4) is 0 Å². The smallest absolute Gasteiger partial charge is 0.187 e. The lowest BCUT2D eigenvalue weighted by Gasteiger charge is -2.41. The van der Waals surface area contributed by atoms with Gasteiger partial charge in [0.15, 0.2) is 18.4 Å². The first-order valence-corrected chi connectivity index (χ1v) is 11.8. The molecule has 0 saturated carbocycles. The minimum Gasteiger partial charge on any atom is -0.394 e. The number of hydrogen-bond donors (Lipinski definition) is 6. The van der Waals surface area contributed by atoms with E-state index in [1.165, 1.54) is 0 Å². The maximum absolute atomic E-state index is 11.9. The summed E-state index contributed by atoms with van der Waals surface area (Å²) in [5.41, 5.74) is 0.690. The summed E-state index contributed by atoms with van der Waals surface area (Å²) in [6, 6.07) is 0. The van der Waals surface area contributed by atoms with Crippen LogP contribution in [0.1, 0.15) is 34.1 Å². The van der Waals surface area contributed by atoms with Gasteiger partial charge in [0, 0.05) is 12.3 Å². The molecular formula is C24H38O11. The second-order valence-electron chi connectivity index (χ2n) is 10.3. The highest BCUT2D eigenvalue weighted by molar-refractivity contribution is 5.92. The average Bonchev–Trinajstić information content (AvgIpc) is 3.05. The Kier molecular flexibility index (Phi) is 9.25. The van der Waals surface area contributed by atoms with Crippen LogP contribution in [0.4, 0.5) is 0 Å². The summed E-state index contributed by atoms with van der Waals surface area (Å²) in [7, 11) is 0. The number of ether oxygens (including phenoxy) is 4. The monoisotopic (exact) mass is 502 g/mol. The summed E-state index contributed by atoms with van der Waals surface area (Å²) < 4.78 is 22.1. The van der Waals surface area contributed by atoms with E-state index in [9.17, 15) is 35.4 Å². The van der Waals surface area contributed by atoms with Crippen molar-refractivity contribution in [3.63, 3.8) is 0 Å². The first-order chi connectivity index (χ1) is 16.4. The lowest BCUT2D eigenvalue weighted by atomic mass is 9.68. The van der Waals surface area contributed by atoms with E-state index in [0.29, 0.717) is 6.42 Å². The van der Waals surface area contributed by atoms with Gasteiger partial charge in [0.25, 0.3) is 0 Å². The third kappa shape index (κ3) is 6.37. The van der Waals surface area contributed by atoms with Crippen molar-refractivity contribution in [1.29, 1.82) is 0 Å². The maximum Gasteiger partial charge on any atom is 0.187 e. The highest BCUT2D eigenvalue weighted by Crippen LogP contribution is 2.40. The summed E-state index contributed by atoms with van der Waals surface area (Å²) >= 11 is 0. The zero-order valence-electron chi connectivity index (χ0n) is 20.4. The van der Waals surface area contributed by atoms with E-state index in [0.717, 1.165) is 5.57 Å². The van der Waals surface area contributed by atoms with Gasteiger partial charge in [0.05, 0.1) is 19.3 Å². The number of aliphatic hydroxyl groups is 6.